The van der Waals surface area contributed by atoms with Gasteiger partial charge in [-0.15, -0.1) is 0 Å². The van der Waals surface area contributed by atoms with Crippen LogP contribution in [-0.2, 0) is 6.54 Å². The summed E-state index contributed by atoms with van der Waals surface area (Å²) in [5.41, 5.74) is 1.90. The summed E-state index contributed by atoms with van der Waals surface area (Å²) in [5, 5.41) is 4.91. The van der Waals surface area contributed by atoms with Gasteiger partial charge in [-0.2, -0.15) is 0 Å². The van der Waals surface area contributed by atoms with Crippen molar-refractivity contribution in [2.75, 3.05) is 27.2 Å². The predicted molar refractivity (Wildman–Crippen MR) is 88.9 cm³/mol. The molecule has 0 spiro atoms. The Morgan fingerprint density at radius 1 is 1.32 bits per heavy atom. The maximum Gasteiger partial charge on any atom is 0.151 e. The monoisotopic (exact) mass is 319 g/mol. The highest BCUT2D eigenvalue weighted by Gasteiger charge is 2.22. The van der Waals surface area contributed by atoms with Crippen molar-refractivity contribution in [1.29, 1.82) is 0 Å². The van der Waals surface area contributed by atoms with E-state index in [1.807, 2.05) is 30.3 Å². The van der Waals surface area contributed by atoms with E-state index in [0.29, 0.717) is 6.04 Å². The van der Waals surface area contributed by atoms with E-state index in [1.54, 1.807) is 0 Å². The van der Waals surface area contributed by atoms with Crippen molar-refractivity contribution >= 4 is 11.6 Å². The molecule has 2 aromatic rings. The Bertz CT molecular complexity index is 609. The molecule has 3 rings (SSSR count). The van der Waals surface area contributed by atoms with E-state index < -0.39 is 0 Å². The summed E-state index contributed by atoms with van der Waals surface area (Å²) in [5.74, 6) is 0.921. The summed E-state index contributed by atoms with van der Waals surface area (Å²) in [6.07, 6.45) is 2.51. The van der Waals surface area contributed by atoms with Gasteiger partial charge in [-0.3, -0.25) is 4.90 Å². The maximum absolute atomic E-state index is 5.92. The molecular formula is C17H22ClN3O. The largest absolute Gasteiger partial charge is 0.359 e. The van der Waals surface area contributed by atoms with Crippen molar-refractivity contribution in [2.45, 2.75) is 25.4 Å². The Morgan fingerprint density at radius 2 is 2.09 bits per heavy atom. The molecule has 1 unspecified atom stereocenters. The first-order chi connectivity index (χ1) is 10.6. The molecule has 0 saturated carbocycles. The van der Waals surface area contributed by atoms with Gasteiger partial charge < -0.3 is 9.42 Å². The van der Waals surface area contributed by atoms with Crippen molar-refractivity contribution in [3.05, 3.63) is 41.1 Å². The van der Waals surface area contributed by atoms with Gasteiger partial charge in [0.2, 0.25) is 0 Å². The first-order valence-corrected chi connectivity index (χ1v) is 8.10. The van der Waals surface area contributed by atoms with Crippen molar-refractivity contribution in [3.8, 4) is 11.3 Å². The van der Waals surface area contributed by atoms with Crippen LogP contribution in [0.5, 0.6) is 0 Å². The molecule has 0 bridgehead atoms. The number of aromatic nitrogens is 1. The molecule has 1 aromatic carbocycles. The molecule has 1 saturated heterocycles. The zero-order valence-electron chi connectivity index (χ0n) is 13.1. The van der Waals surface area contributed by atoms with Gasteiger partial charge >= 0.3 is 0 Å². The van der Waals surface area contributed by atoms with Crippen LogP contribution < -0.4 is 0 Å². The smallest absolute Gasteiger partial charge is 0.151 e. The Balaban J connectivity index is 1.65. The summed E-state index contributed by atoms with van der Waals surface area (Å²) < 4.78 is 5.51. The van der Waals surface area contributed by atoms with Gasteiger partial charge in [0.1, 0.15) is 5.69 Å². The van der Waals surface area contributed by atoms with E-state index in [4.69, 9.17) is 16.1 Å². The second-order valence-corrected chi connectivity index (χ2v) is 6.62. The van der Waals surface area contributed by atoms with Crippen LogP contribution in [0.25, 0.3) is 11.3 Å². The molecule has 0 N–H and O–H groups in total. The van der Waals surface area contributed by atoms with E-state index in [2.05, 4.69) is 29.1 Å². The van der Waals surface area contributed by atoms with Gasteiger partial charge in [-0.25, -0.2) is 0 Å². The number of hydrogen-bond donors (Lipinski definition) is 0. The van der Waals surface area contributed by atoms with Crippen molar-refractivity contribution in [3.63, 3.8) is 0 Å². The SMILES string of the molecule is CN(C)C1CCCN(Cc2cc(-c3ccc(Cl)cc3)no2)C1. The molecule has 5 heteroatoms. The normalized spacial score (nSPS) is 19.7. The standard InChI is InChI=1S/C17H22ClN3O/c1-20(2)15-4-3-9-21(11-15)12-16-10-17(19-22-16)13-5-7-14(18)8-6-13/h5-8,10,15H,3-4,9,11-12H2,1-2H3. The molecule has 1 aliphatic heterocycles. The Hall–Kier alpha value is -1.36. The molecule has 1 aromatic heterocycles. The first-order valence-electron chi connectivity index (χ1n) is 7.72. The molecule has 1 atom stereocenters. The third kappa shape index (κ3) is 3.69. The van der Waals surface area contributed by atoms with E-state index >= 15 is 0 Å². The Kier molecular flexibility index (Phi) is 4.81. The topological polar surface area (TPSA) is 32.5 Å². The van der Waals surface area contributed by atoms with E-state index in [0.717, 1.165) is 41.7 Å². The van der Waals surface area contributed by atoms with E-state index in [-0.39, 0.29) is 0 Å². The number of likely N-dealkylation sites (N-methyl/N-ethyl adjacent to an activating group) is 1. The molecule has 2 heterocycles. The fraction of sp³-hybridized carbons (Fsp3) is 0.471. The van der Waals surface area contributed by atoms with Crippen LogP contribution in [0.4, 0.5) is 0 Å². The lowest BCUT2D eigenvalue weighted by atomic mass is 10.0. The van der Waals surface area contributed by atoms with Gasteiger partial charge in [-0.05, 0) is 45.6 Å². The quantitative estimate of drug-likeness (QED) is 0.863. The number of rotatable bonds is 4. The molecule has 0 radical (unpaired) electrons. The summed E-state index contributed by atoms with van der Waals surface area (Å²) >= 11 is 5.92. The van der Waals surface area contributed by atoms with E-state index in [1.165, 1.54) is 12.8 Å². The van der Waals surface area contributed by atoms with Gasteiger partial charge in [0.05, 0.1) is 6.54 Å². The van der Waals surface area contributed by atoms with Crippen molar-refractivity contribution < 1.29 is 4.52 Å². The zero-order chi connectivity index (χ0) is 15.5. The van der Waals surface area contributed by atoms with Crippen LogP contribution in [0.2, 0.25) is 5.02 Å². The second-order valence-electron chi connectivity index (χ2n) is 6.18. The summed E-state index contributed by atoms with van der Waals surface area (Å²) in [6.45, 7) is 3.04. The average Bonchev–Trinajstić information content (AvgIpc) is 2.96. The van der Waals surface area contributed by atoms with Gasteiger partial charge in [0.25, 0.3) is 0 Å². The predicted octanol–water partition coefficient (Wildman–Crippen LogP) is 3.52. The third-order valence-corrected chi connectivity index (χ3v) is 4.54. The Labute approximate surface area is 136 Å². The Morgan fingerprint density at radius 3 is 2.82 bits per heavy atom. The minimum Gasteiger partial charge on any atom is -0.359 e. The zero-order valence-corrected chi connectivity index (χ0v) is 13.9. The number of halogens is 1. The number of nitrogens with zero attached hydrogens (tertiary/aromatic N) is 3. The van der Waals surface area contributed by atoms with Crippen LogP contribution in [0, 0.1) is 0 Å². The van der Waals surface area contributed by atoms with Crippen LogP contribution in [-0.4, -0.2) is 48.2 Å². The fourth-order valence-corrected chi connectivity index (χ4v) is 3.09. The third-order valence-electron chi connectivity index (χ3n) is 4.29. The van der Waals surface area contributed by atoms with Crippen LogP contribution in [0.1, 0.15) is 18.6 Å². The lowest BCUT2D eigenvalue weighted by Crippen LogP contribution is -2.44. The minimum absolute atomic E-state index is 0.632. The second kappa shape index (κ2) is 6.82. The van der Waals surface area contributed by atoms with Crippen LogP contribution in [0.15, 0.2) is 34.9 Å². The molecule has 1 fully saturated rings. The molecule has 118 valence electrons. The van der Waals surface area contributed by atoms with E-state index in [9.17, 15) is 0 Å². The van der Waals surface area contributed by atoms with Crippen molar-refractivity contribution in [1.82, 2.24) is 15.0 Å². The minimum atomic E-state index is 0.632. The highest BCUT2D eigenvalue weighted by Crippen LogP contribution is 2.23. The number of hydrogen-bond acceptors (Lipinski definition) is 4. The summed E-state index contributed by atoms with van der Waals surface area (Å²) in [6, 6.07) is 10.3. The van der Waals surface area contributed by atoms with Crippen LogP contribution >= 0.6 is 11.6 Å². The maximum atomic E-state index is 5.92. The highest BCUT2D eigenvalue weighted by atomic mass is 35.5. The van der Waals surface area contributed by atoms with Gasteiger partial charge in [0.15, 0.2) is 5.76 Å². The summed E-state index contributed by atoms with van der Waals surface area (Å²) in [4.78, 5) is 4.76. The molecule has 22 heavy (non-hydrogen) atoms. The molecular weight excluding hydrogens is 298 g/mol. The summed E-state index contributed by atoms with van der Waals surface area (Å²) in [7, 11) is 4.31. The first kappa shape index (κ1) is 15.5. The molecule has 0 aliphatic carbocycles. The number of likely N-dealkylation sites (tertiary alicyclic amines) is 1. The van der Waals surface area contributed by atoms with Gasteiger partial charge in [0, 0.05) is 29.2 Å². The lowest BCUT2D eigenvalue weighted by Gasteiger charge is -2.35. The van der Waals surface area contributed by atoms with Gasteiger partial charge in [-0.1, -0.05) is 28.9 Å². The number of piperidine rings is 1. The molecule has 1 aliphatic rings. The molecule has 4 nitrogen and oxygen atoms in total. The average molecular weight is 320 g/mol. The van der Waals surface area contributed by atoms with Crippen molar-refractivity contribution in [2.24, 2.45) is 0 Å². The fourth-order valence-electron chi connectivity index (χ4n) is 2.96. The molecule has 0 amide bonds. The highest BCUT2D eigenvalue weighted by molar-refractivity contribution is 6.30. The lowest BCUT2D eigenvalue weighted by molar-refractivity contribution is 0.119. The van der Waals surface area contributed by atoms with Crippen LogP contribution in [0.3, 0.4) is 0 Å². The number of benzene rings is 1.